The number of benzene rings is 3. The molecule has 0 fully saturated rings. The van der Waals surface area contributed by atoms with Gasteiger partial charge in [0.15, 0.2) is 0 Å². The molecule has 0 aliphatic heterocycles. The van der Waals surface area contributed by atoms with Crippen LogP contribution in [0.3, 0.4) is 0 Å². The molecule has 0 radical (unpaired) electrons. The van der Waals surface area contributed by atoms with E-state index in [2.05, 4.69) is 69.4 Å². The molecule has 0 aliphatic carbocycles. The quantitative estimate of drug-likeness (QED) is 0.304. The number of unbranched alkanes of at least 4 members (excludes halogenated alkanes) is 1. The molecule has 0 aliphatic rings. The molecule has 0 saturated carbocycles. The van der Waals surface area contributed by atoms with E-state index in [1.807, 2.05) is 24.3 Å². The summed E-state index contributed by atoms with van der Waals surface area (Å²) in [5.74, 6) is 0.891. The highest BCUT2D eigenvalue weighted by atomic mass is 79.9. The van der Waals surface area contributed by atoms with Gasteiger partial charge >= 0.3 is 0 Å². The van der Waals surface area contributed by atoms with Crippen molar-refractivity contribution in [3.8, 4) is 17.0 Å². The van der Waals surface area contributed by atoms with Gasteiger partial charge in [-0.25, -0.2) is 0 Å². The van der Waals surface area contributed by atoms with Gasteiger partial charge in [0.05, 0.1) is 0 Å². The van der Waals surface area contributed by atoms with Crippen LogP contribution >= 0.6 is 15.9 Å². The van der Waals surface area contributed by atoms with Gasteiger partial charge < -0.3 is 15.5 Å². The number of aromatic nitrogens is 1. The molecule has 0 saturated heterocycles. The lowest BCUT2D eigenvalue weighted by molar-refractivity contribution is 0.306. The van der Waals surface area contributed by atoms with E-state index >= 15 is 0 Å². The Bertz CT molecular complexity index is 1070. The second-order valence-corrected chi connectivity index (χ2v) is 8.13. The van der Waals surface area contributed by atoms with Crippen LogP contribution in [0.1, 0.15) is 24.0 Å². The fraction of sp³-hybridized carbons (Fsp3) is 0.200. The van der Waals surface area contributed by atoms with Gasteiger partial charge in [-0.1, -0.05) is 58.4 Å². The van der Waals surface area contributed by atoms with Crippen molar-refractivity contribution in [2.45, 2.75) is 25.9 Å². The van der Waals surface area contributed by atoms with E-state index in [0.717, 1.165) is 41.5 Å². The number of nitrogens with one attached hydrogen (secondary N) is 1. The maximum Gasteiger partial charge on any atom is 0.120 e. The Morgan fingerprint density at radius 2 is 1.69 bits per heavy atom. The van der Waals surface area contributed by atoms with Crippen LogP contribution in [0.2, 0.25) is 0 Å². The van der Waals surface area contributed by atoms with Gasteiger partial charge in [0.2, 0.25) is 0 Å². The second-order valence-electron chi connectivity index (χ2n) is 7.21. The standard InChI is InChI=1S/C25H25BrN2O/c26-20-11-9-19(10-12-20)25-22(8-4-5-15-27)23-16-21(13-14-24(23)28-25)29-17-18-6-2-1-3-7-18/h1-3,6-7,9-14,16,28H,4-5,8,15,17,27H2. The summed E-state index contributed by atoms with van der Waals surface area (Å²) in [7, 11) is 0. The van der Waals surface area contributed by atoms with Crippen LogP contribution in [0.25, 0.3) is 22.2 Å². The van der Waals surface area contributed by atoms with E-state index in [0.29, 0.717) is 6.61 Å². The summed E-state index contributed by atoms with van der Waals surface area (Å²) >= 11 is 3.53. The summed E-state index contributed by atoms with van der Waals surface area (Å²) in [6.45, 7) is 1.29. The Morgan fingerprint density at radius 3 is 2.45 bits per heavy atom. The van der Waals surface area contributed by atoms with Crippen molar-refractivity contribution in [3.05, 3.63) is 88.4 Å². The Kier molecular flexibility index (Phi) is 6.33. The average molecular weight is 449 g/mol. The van der Waals surface area contributed by atoms with Gasteiger partial charge in [0, 0.05) is 21.1 Å². The fourth-order valence-corrected chi connectivity index (χ4v) is 3.89. The van der Waals surface area contributed by atoms with Gasteiger partial charge in [-0.2, -0.15) is 0 Å². The second kappa shape index (κ2) is 9.29. The van der Waals surface area contributed by atoms with E-state index in [4.69, 9.17) is 10.5 Å². The number of ether oxygens (including phenoxy) is 1. The lowest BCUT2D eigenvalue weighted by atomic mass is 10.00. The molecule has 3 aromatic carbocycles. The zero-order chi connectivity index (χ0) is 20.1. The average Bonchev–Trinajstić information content (AvgIpc) is 3.11. The van der Waals surface area contributed by atoms with Crippen LogP contribution in [-0.2, 0) is 13.0 Å². The van der Waals surface area contributed by atoms with Crippen LogP contribution in [0, 0.1) is 0 Å². The first kappa shape index (κ1) is 19.7. The van der Waals surface area contributed by atoms with E-state index in [1.165, 1.54) is 27.8 Å². The molecule has 148 valence electrons. The predicted octanol–water partition coefficient (Wildman–Crippen LogP) is 6.46. The lowest BCUT2D eigenvalue weighted by Crippen LogP contribution is -1.99. The molecule has 4 aromatic rings. The highest BCUT2D eigenvalue weighted by molar-refractivity contribution is 9.10. The van der Waals surface area contributed by atoms with Gasteiger partial charge in [0.1, 0.15) is 12.4 Å². The van der Waals surface area contributed by atoms with Crippen molar-refractivity contribution in [2.24, 2.45) is 5.73 Å². The number of nitrogens with two attached hydrogens (primary N) is 1. The maximum atomic E-state index is 6.07. The number of hydrogen-bond acceptors (Lipinski definition) is 2. The highest BCUT2D eigenvalue weighted by Crippen LogP contribution is 2.34. The van der Waals surface area contributed by atoms with Gasteiger partial charge in [-0.05, 0) is 72.8 Å². The molecular weight excluding hydrogens is 424 g/mol. The first-order valence-electron chi connectivity index (χ1n) is 10.0. The maximum absolute atomic E-state index is 6.07. The van der Waals surface area contributed by atoms with E-state index in [1.54, 1.807) is 0 Å². The topological polar surface area (TPSA) is 51.0 Å². The summed E-state index contributed by atoms with van der Waals surface area (Å²) in [6, 6.07) is 25.0. The third-order valence-corrected chi connectivity index (χ3v) is 5.67. The molecular formula is C25H25BrN2O. The third-order valence-electron chi connectivity index (χ3n) is 5.14. The normalized spacial score (nSPS) is 11.1. The van der Waals surface area contributed by atoms with E-state index < -0.39 is 0 Å². The number of halogens is 1. The molecule has 3 N–H and O–H groups in total. The zero-order valence-corrected chi connectivity index (χ0v) is 17.9. The summed E-state index contributed by atoms with van der Waals surface area (Å²) in [6.07, 6.45) is 3.09. The number of H-pyrrole nitrogens is 1. The Hall–Kier alpha value is -2.56. The van der Waals surface area contributed by atoms with Crippen molar-refractivity contribution < 1.29 is 4.74 Å². The summed E-state index contributed by atoms with van der Waals surface area (Å²) in [4.78, 5) is 3.63. The van der Waals surface area contributed by atoms with Crippen LogP contribution in [0.5, 0.6) is 5.75 Å². The summed E-state index contributed by atoms with van der Waals surface area (Å²) in [5.41, 5.74) is 11.7. The SMILES string of the molecule is NCCCCc1c(-c2ccc(Br)cc2)[nH]c2ccc(OCc3ccccc3)cc12. The molecule has 0 spiro atoms. The van der Waals surface area contributed by atoms with Crippen molar-refractivity contribution in [1.29, 1.82) is 0 Å². The Labute approximate surface area is 180 Å². The number of hydrogen-bond donors (Lipinski definition) is 2. The lowest BCUT2D eigenvalue weighted by Gasteiger charge is -2.08. The minimum absolute atomic E-state index is 0.568. The first-order valence-corrected chi connectivity index (χ1v) is 10.8. The van der Waals surface area contributed by atoms with Gasteiger partial charge in [-0.15, -0.1) is 0 Å². The Morgan fingerprint density at radius 1 is 0.897 bits per heavy atom. The number of rotatable bonds is 8. The van der Waals surface area contributed by atoms with Crippen molar-refractivity contribution in [2.75, 3.05) is 6.54 Å². The van der Waals surface area contributed by atoms with Crippen LogP contribution in [0.4, 0.5) is 0 Å². The molecule has 3 nitrogen and oxygen atoms in total. The number of aromatic amines is 1. The Balaban J connectivity index is 1.67. The monoisotopic (exact) mass is 448 g/mol. The highest BCUT2D eigenvalue weighted by Gasteiger charge is 2.14. The van der Waals surface area contributed by atoms with Crippen LogP contribution < -0.4 is 10.5 Å². The van der Waals surface area contributed by atoms with Crippen molar-refractivity contribution in [1.82, 2.24) is 4.98 Å². The smallest absolute Gasteiger partial charge is 0.120 e. The van der Waals surface area contributed by atoms with Gasteiger partial charge in [-0.3, -0.25) is 0 Å². The number of fused-ring (bicyclic) bond motifs is 1. The summed E-state index contributed by atoms with van der Waals surface area (Å²) in [5, 5.41) is 1.23. The summed E-state index contributed by atoms with van der Waals surface area (Å²) < 4.78 is 7.15. The largest absolute Gasteiger partial charge is 0.489 e. The molecule has 1 aromatic heterocycles. The predicted molar refractivity (Wildman–Crippen MR) is 124 cm³/mol. The molecule has 1 heterocycles. The molecule has 4 rings (SSSR count). The minimum Gasteiger partial charge on any atom is -0.489 e. The minimum atomic E-state index is 0.568. The molecule has 0 unspecified atom stereocenters. The van der Waals surface area contributed by atoms with E-state index in [9.17, 15) is 0 Å². The van der Waals surface area contributed by atoms with Crippen LogP contribution in [0.15, 0.2) is 77.3 Å². The zero-order valence-electron chi connectivity index (χ0n) is 16.3. The molecule has 4 heteroatoms. The molecule has 29 heavy (non-hydrogen) atoms. The van der Waals surface area contributed by atoms with Gasteiger partial charge in [0.25, 0.3) is 0 Å². The molecule has 0 atom stereocenters. The van der Waals surface area contributed by atoms with E-state index in [-0.39, 0.29) is 0 Å². The molecule has 0 bridgehead atoms. The molecule has 0 amide bonds. The van der Waals surface area contributed by atoms with Crippen LogP contribution in [-0.4, -0.2) is 11.5 Å². The van der Waals surface area contributed by atoms with Crippen molar-refractivity contribution in [3.63, 3.8) is 0 Å². The third kappa shape index (κ3) is 4.72. The fourth-order valence-electron chi connectivity index (χ4n) is 3.63. The van der Waals surface area contributed by atoms with Crippen molar-refractivity contribution >= 4 is 26.8 Å². The first-order chi connectivity index (χ1) is 14.2. The number of aryl methyl sites for hydroxylation is 1.